The molecule has 1 aliphatic heterocycles. The zero-order valence-corrected chi connectivity index (χ0v) is 12.3. The Morgan fingerprint density at radius 3 is 2.58 bits per heavy atom. The van der Waals surface area contributed by atoms with E-state index in [1.54, 1.807) is 0 Å². The van der Waals surface area contributed by atoms with E-state index in [1.807, 2.05) is 6.92 Å². The van der Waals surface area contributed by atoms with Crippen molar-refractivity contribution >= 4 is 5.97 Å². The maximum absolute atomic E-state index is 11.9. The first kappa shape index (κ1) is 14.8. The molecule has 2 fully saturated rings. The van der Waals surface area contributed by atoms with Gasteiger partial charge in [-0.2, -0.15) is 0 Å². The second-order valence-electron chi connectivity index (χ2n) is 6.08. The van der Waals surface area contributed by atoms with Gasteiger partial charge in [0.05, 0.1) is 26.2 Å². The van der Waals surface area contributed by atoms with Crippen LogP contribution in [0.5, 0.6) is 0 Å². The summed E-state index contributed by atoms with van der Waals surface area (Å²) in [5, 5.41) is 0. The van der Waals surface area contributed by atoms with Crippen molar-refractivity contribution in [2.75, 3.05) is 32.9 Å². The zero-order valence-electron chi connectivity index (χ0n) is 12.3. The number of carbonyl (C=O) groups is 1. The van der Waals surface area contributed by atoms with Crippen LogP contribution in [0.1, 0.15) is 46.0 Å². The fourth-order valence-electron chi connectivity index (χ4n) is 3.26. The van der Waals surface area contributed by atoms with Crippen LogP contribution in [-0.2, 0) is 14.3 Å². The maximum atomic E-state index is 11.9. The third-order valence-corrected chi connectivity index (χ3v) is 4.56. The Balaban J connectivity index is 1.99. The van der Waals surface area contributed by atoms with E-state index in [-0.39, 0.29) is 11.5 Å². The lowest BCUT2D eigenvalue weighted by molar-refractivity contribution is -0.148. The molecule has 19 heavy (non-hydrogen) atoms. The van der Waals surface area contributed by atoms with Gasteiger partial charge in [-0.25, -0.2) is 0 Å². The van der Waals surface area contributed by atoms with Gasteiger partial charge in [-0.1, -0.05) is 19.3 Å². The molecule has 1 saturated carbocycles. The lowest BCUT2D eigenvalue weighted by Gasteiger charge is -2.46. The van der Waals surface area contributed by atoms with E-state index in [0.717, 1.165) is 38.6 Å². The first-order valence-corrected chi connectivity index (χ1v) is 7.62. The Hall–Kier alpha value is -0.610. The summed E-state index contributed by atoms with van der Waals surface area (Å²) in [5.41, 5.74) is -0.0544. The maximum Gasteiger partial charge on any atom is 0.307 e. The van der Waals surface area contributed by atoms with Crippen LogP contribution in [0.3, 0.4) is 0 Å². The number of hydrogen-bond donors (Lipinski definition) is 0. The molecule has 0 bridgehead atoms. The molecule has 4 heteroatoms. The van der Waals surface area contributed by atoms with Gasteiger partial charge in [0.15, 0.2) is 0 Å². The quantitative estimate of drug-likeness (QED) is 0.693. The minimum absolute atomic E-state index is 0.0544. The van der Waals surface area contributed by atoms with Crippen LogP contribution < -0.4 is 0 Å². The molecule has 2 aliphatic rings. The Morgan fingerprint density at radius 2 is 2.05 bits per heavy atom. The van der Waals surface area contributed by atoms with Gasteiger partial charge in [0.2, 0.25) is 0 Å². The van der Waals surface area contributed by atoms with Gasteiger partial charge in [0, 0.05) is 18.6 Å². The molecule has 4 nitrogen and oxygen atoms in total. The monoisotopic (exact) mass is 269 g/mol. The van der Waals surface area contributed by atoms with Gasteiger partial charge < -0.3 is 9.47 Å². The van der Waals surface area contributed by atoms with Crippen molar-refractivity contribution in [3.63, 3.8) is 0 Å². The lowest BCUT2D eigenvalue weighted by Crippen LogP contribution is -2.54. The van der Waals surface area contributed by atoms with Crippen LogP contribution in [0, 0.1) is 5.92 Å². The minimum Gasteiger partial charge on any atom is -0.466 e. The molecular weight excluding hydrogens is 242 g/mol. The second kappa shape index (κ2) is 6.71. The average Bonchev–Trinajstić information content (AvgIpc) is 2.35. The smallest absolute Gasteiger partial charge is 0.307 e. The van der Waals surface area contributed by atoms with Gasteiger partial charge in [-0.05, 0) is 26.2 Å². The van der Waals surface area contributed by atoms with Crippen molar-refractivity contribution in [3.8, 4) is 0 Å². The van der Waals surface area contributed by atoms with Gasteiger partial charge in [-0.3, -0.25) is 9.69 Å². The number of morpholine rings is 1. The fourth-order valence-corrected chi connectivity index (χ4v) is 3.26. The van der Waals surface area contributed by atoms with Crippen molar-refractivity contribution in [2.24, 2.45) is 5.92 Å². The largest absolute Gasteiger partial charge is 0.466 e. The summed E-state index contributed by atoms with van der Waals surface area (Å²) < 4.78 is 10.6. The Bertz CT molecular complexity index is 298. The number of rotatable bonds is 6. The third kappa shape index (κ3) is 3.93. The van der Waals surface area contributed by atoms with Gasteiger partial charge in [0.25, 0.3) is 0 Å². The number of nitrogens with zero attached hydrogens (tertiary/aromatic N) is 1. The standard InChI is InChI=1S/C15H27NO3/c1-3-19-14(17)12-15(2,11-13-5-4-6-13)16-7-9-18-10-8-16/h13H,3-12H2,1-2H3. The topological polar surface area (TPSA) is 38.8 Å². The molecule has 1 saturated heterocycles. The van der Waals surface area contributed by atoms with Crippen LogP contribution >= 0.6 is 0 Å². The summed E-state index contributed by atoms with van der Waals surface area (Å²) in [5.74, 6) is 0.734. The first-order valence-electron chi connectivity index (χ1n) is 7.62. The molecule has 0 radical (unpaired) electrons. The van der Waals surface area contributed by atoms with E-state index < -0.39 is 0 Å². The van der Waals surface area contributed by atoms with E-state index in [0.29, 0.717) is 13.0 Å². The van der Waals surface area contributed by atoms with Crippen molar-refractivity contribution < 1.29 is 14.3 Å². The van der Waals surface area contributed by atoms with E-state index in [2.05, 4.69) is 11.8 Å². The molecule has 1 aliphatic carbocycles. The second-order valence-corrected chi connectivity index (χ2v) is 6.08. The van der Waals surface area contributed by atoms with E-state index >= 15 is 0 Å². The van der Waals surface area contributed by atoms with E-state index in [9.17, 15) is 4.79 Å². The Kier molecular flexibility index (Phi) is 5.22. The molecule has 1 atom stereocenters. The number of hydrogen-bond acceptors (Lipinski definition) is 4. The highest BCUT2D eigenvalue weighted by Crippen LogP contribution is 2.38. The van der Waals surface area contributed by atoms with E-state index in [1.165, 1.54) is 19.3 Å². The summed E-state index contributed by atoms with van der Waals surface area (Å²) in [6.45, 7) is 8.00. The third-order valence-electron chi connectivity index (χ3n) is 4.56. The number of esters is 1. The zero-order chi connectivity index (χ0) is 13.7. The highest BCUT2D eigenvalue weighted by Gasteiger charge is 2.38. The summed E-state index contributed by atoms with van der Waals surface area (Å²) >= 11 is 0. The highest BCUT2D eigenvalue weighted by molar-refractivity contribution is 5.70. The summed E-state index contributed by atoms with van der Waals surface area (Å²) in [7, 11) is 0. The van der Waals surface area contributed by atoms with Crippen molar-refractivity contribution in [1.82, 2.24) is 4.90 Å². The van der Waals surface area contributed by atoms with Gasteiger partial charge >= 0.3 is 5.97 Å². The highest BCUT2D eigenvalue weighted by atomic mass is 16.5. The summed E-state index contributed by atoms with van der Waals surface area (Å²) in [4.78, 5) is 14.3. The van der Waals surface area contributed by atoms with Crippen LogP contribution in [0.25, 0.3) is 0 Å². The SMILES string of the molecule is CCOC(=O)CC(C)(CC1CCC1)N1CCOCC1. The molecule has 110 valence electrons. The fraction of sp³-hybridized carbons (Fsp3) is 0.933. The molecule has 0 spiro atoms. The first-order chi connectivity index (χ1) is 9.14. The van der Waals surface area contributed by atoms with Gasteiger partial charge in [0.1, 0.15) is 0 Å². The molecule has 0 aromatic carbocycles. The molecule has 0 aromatic heterocycles. The van der Waals surface area contributed by atoms with Crippen LogP contribution in [0.4, 0.5) is 0 Å². The van der Waals surface area contributed by atoms with E-state index in [4.69, 9.17) is 9.47 Å². The average molecular weight is 269 g/mol. The van der Waals surface area contributed by atoms with Gasteiger partial charge in [-0.15, -0.1) is 0 Å². The molecule has 0 aromatic rings. The molecule has 1 heterocycles. The van der Waals surface area contributed by atoms with Crippen LogP contribution in [0.15, 0.2) is 0 Å². The lowest BCUT2D eigenvalue weighted by atomic mass is 9.74. The summed E-state index contributed by atoms with van der Waals surface area (Å²) in [6.07, 6.45) is 5.62. The molecule has 2 rings (SSSR count). The predicted molar refractivity (Wildman–Crippen MR) is 74.0 cm³/mol. The Labute approximate surface area is 116 Å². The van der Waals surface area contributed by atoms with Crippen molar-refractivity contribution in [3.05, 3.63) is 0 Å². The molecule has 0 N–H and O–H groups in total. The van der Waals surface area contributed by atoms with Crippen LogP contribution in [-0.4, -0.2) is 49.3 Å². The van der Waals surface area contributed by atoms with Crippen LogP contribution in [0.2, 0.25) is 0 Å². The minimum atomic E-state index is -0.0594. The van der Waals surface area contributed by atoms with Crippen molar-refractivity contribution in [1.29, 1.82) is 0 Å². The molecule has 1 unspecified atom stereocenters. The molecule has 0 amide bonds. The predicted octanol–water partition coefficient (Wildman–Crippen LogP) is 2.22. The van der Waals surface area contributed by atoms with Crippen molar-refractivity contribution in [2.45, 2.75) is 51.5 Å². The summed E-state index contributed by atoms with van der Waals surface area (Å²) in [6, 6.07) is 0. The Morgan fingerprint density at radius 1 is 1.37 bits per heavy atom. The molecular formula is C15H27NO3. The number of carbonyl (C=O) groups excluding carboxylic acids is 1. The normalized spacial score (nSPS) is 24.5. The number of ether oxygens (including phenoxy) is 2.